The van der Waals surface area contributed by atoms with Crippen LogP contribution in [-0.4, -0.2) is 127 Å². The number of halogens is 1. The molecule has 0 bridgehead atoms. The molecule has 8 rings (SSSR count). The number of piperidine rings is 2. The summed E-state index contributed by atoms with van der Waals surface area (Å²) >= 11 is -0.616. The molecule has 4 aliphatic heterocycles. The Kier molecular flexibility index (Phi) is 15.0. The molecule has 326 valence electrons. The third-order valence-electron chi connectivity index (χ3n) is 11.6. The first-order chi connectivity index (χ1) is 30.4. The van der Waals surface area contributed by atoms with Crippen LogP contribution >= 0.6 is 0 Å². The average Bonchev–Trinajstić information content (AvgIpc) is 3.33. The summed E-state index contributed by atoms with van der Waals surface area (Å²) in [5.74, 6) is 2.02. The van der Waals surface area contributed by atoms with Gasteiger partial charge < -0.3 is 29.9 Å². The molecule has 1 aromatic heterocycles. The predicted octanol–water partition coefficient (Wildman–Crippen LogP) is 2.29. The smallest absolute Gasteiger partial charge is 0.230 e. The van der Waals surface area contributed by atoms with Gasteiger partial charge in [-0.3, -0.25) is 0 Å². The summed E-state index contributed by atoms with van der Waals surface area (Å²) < 4.78 is 15.5. The van der Waals surface area contributed by atoms with Gasteiger partial charge in [0, 0.05) is 43.1 Å². The molecule has 4 fully saturated rings. The molecule has 4 aliphatic rings. The molecule has 16 heteroatoms. The van der Waals surface area contributed by atoms with Gasteiger partial charge in [0.15, 0.2) is 5.82 Å². The first-order valence-corrected chi connectivity index (χ1v) is 23.7. The van der Waals surface area contributed by atoms with Crippen LogP contribution in [0, 0.1) is 9.49 Å². The second-order valence-electron chi connectivity index (χ2n) is 15.6. The van der Waals surface area contributed by atoms with Crippen LogP contribution in [0.4, 0.5) is 28.1 Å². The van der Waals surface area contributed by atoms with E-state index >= 15 is 0 Å². The topological polar surface area (TPSA) is 157 Å². The molecule has 0 radical (unpaired) electrons. The Morgan fingerprint density at radius 3 is 1.65 bits per heavy atom. The number of nitrogens with one attached hydrogen (secondary N) is 3. The molecule has 0 saturated carbocycles. The molecule has 3 aromatic carbocycles. The van der Waals surface area contributed by atoms with Crippen LogP contribution in [0.25, 0.3) is 11.4 Å². The van der Waals surface area contributed by atoms with E-state index in [1.54, 1.807) is 24.3 Å². The molecule has 4 amide bonds. The van der Waals surface area contributed by atoms with Gasteiger partial charge >= 0.3 is 190 Å². The Balaban J connectivity index is 0.778. The zero-order valence-electron chi connectivity index (χ0n) is 34.8. The number of amides is 4. The number of ether oxygens (including phenoxy) is 2. The number of anilines is 4. The summed E-state index contributed by atoms with van der Waals surface area (Å²) in [7, 11) is 0. The number of benzene rings is 2. The minimum atomic E-state index is -0.616. The Labute approximate surface area is 373 Å². The summed E-state index contributed by atoms with van der Waals surface area (Å²) in [5, 5.41) is 5.77. The monoisotopic (exact) mass is 953 g/mol. The van der Waals surface area contributed by atoms with E-state index in [1.807, 2.05) is 71.6 Å². The normalized spacial score (nSPS) is 17.8. The molecule has 0 spiro atoms. The summed E-state index contributed by atoms with van der Waals surface area (Å²) in [6.45, 7) is 8.51. The molecule has 0 aliphatic carbocycles. The largest absolute Gasteiger partial charge is 0.378 e. The van der Waals surface area contributed by atoms with Crippen molar-refractivity contribution in [1.82, 2.24) is 28.3 Å². The summed E-state index contributed by atoms with van der Waals surface area (Å²) in [6, 6.07) is 32.6. The summed E-state index contributed by atoms with van der Waals surface area (Å²) in [4.78, 5) is 62.6. The van der Waals surface area contributed by atoms with Crippen LogP contribution in [0.5, 0.6) is 0 Å². The molecule has 4 saturated heterocycles. The Hall–Kier alpha value is -5.43. The number of hydrogen-bond donors (Lipinski definition) is 3. The maximum absolute atomic E-state index is 13.5. The quantitative estimate of drug-likeness (QED) is 0.159. The van der Waals surface area contributed by atoms with E-state index in [9.17, 15) is 14.4 Å². The zero-order chi connectivity index (χ0) is 42.5. The van der Waals surface area contributed by atoms with Crippen molar-refractivity contribution in [1.29, 1.82) is 0 Å². The van der Waals surface area contributed by atoms with Crippen LogP contribution in [0.2, 0.25) is 0 Å². The fourth-order valence-corrected chi connectivity index (χ4v) is 9.83. The molecular formula is C46H54IN10O5-. The summed E-state index contributed by atoms with van der Waals surface area (Å²) in [5.41, 5.74) is 2.59. The molecule has 62 heavy (non-hydrogen) atoms. The minimum absolute atomic E-state index is 0.00561. The van der Waals surface area contributed by atoms with E-state index in [0.29, 0.717) is 106 Å². The fourth-order valence-electron chi connectivity index (χ4n) is 8.04. The maximum Gasteiger partial charge on any atom is 0.230 e. The van der Waals surface area contributed by atoms with Crippen molar-refractivity contribution in [2.24, 2.45) is 5.92 Å². The van der Waals surface area contributed by atoms with Crippen molar-refractivity contribution in [3.63, 3.8) is 0 Å². The number of urea groups is 1. The SMILES string of the molecule is O=C(Nc1ccc(C(=O)N2CCC(N3CCC(C(=O)N[I-]c4ccccccccc4)CC3)CC2)cc1)Nc1ccc(-c2nc(N3CCOCC3)nc(N3CCOCC3)n2)cc1. The third-order valence-corrected chi connectivity index (χ3v) is 13.7. The van der Waals surface area contributed by atoms with Gasteiger partial charge in [-0.25, -0.2) is 4.79 Å². The predicted molar refractivity (Wildman–Crippen MR) is 235 cm³/mol. The van der Waals surface area contributed by atoms with E-state index in [0.717, 1.165) is 47.9 Å². The molecule has 0 atom stereocenters. The van der Waals surface area contributed by atoms with Crippen LogP contribution in [0.15, 0.2) is 103 Å². The van der Waals surface area contributed by atoms with E-state index in [1.165, 1.54) is 0 Å². The molecule has 5 heterocycles. The molecule has 15 nitrogen and oxygen atoms in total. The zero-order valence-corrected chi connectivity index (χ0v) is 37.0. The van der Waals surface area contributed by atoms with Gasteiger partial charge in [-0.15, -0.1) is 0 Å². The Bertz CT molecular complexity index is 2130. The van der Waals surface area contributed by atoms with E-state index in [2.05, 4.69) is 41.0 Å². The van der Waals surface area contributed by atoms with Gasteiger partial charge in [0.05, 0.1) is 26.4 Å². The standard InChI is InChI=1S/C46H54IN10O5/c58-42(53-47-37-8-6-4-2-1-3-5-7-9-37)35-18-22-54(23-19-35)40-20-24-55(25-21-40)43(59)36-12-16-39(17-13-36)49-46(60)48-38-14-10-34(11-15-38)41-50-44(56-26-30-61-31-27-56)52-45(51-41)57-28-32-62-33-29-57/h1-17,35,40H,18-33H2,(H,53,58)(H2,48,49,60)/q-1. The second-order valence-corrected chi connectivity index (χ2v) is 18.0. The molecule has 0 unspecified atom stereocenters. The van der Waals surface area contributed by atoms with Gasteiger partial charge in [0.2, 0.25) is 11.9 Å². The van der Waals surface area contributed by atoms with Crippen molar-refractivity contribution >= 4 is 41.1 Å². The molecule has 3 N–H and O–H groups in total. The Morgan fingerprint density at radius 2 is 1.10 bits per heavy atom. The van der Waals surface area contributed by atoms with Crippen molar-refractivity contribution < 1.29 is 45.3 Å². The fraction of sp³-hybridized carbons (Fsp3) is 0.391. The number of rotatable bonds is 10. The van der Waals surface area contributed by atoms with Crippen LogP contribution in [0.3, 0.4) is 0 Å². The number of carbonyl (C=O) groups excluding carboxylic acids is 3. The van der Waals surface area contributed by atoms with E-state index in [-0.39, 0.29) is 17.7 Å². The number of carbonyl (C=O) groups is 3. The number of morpholine rings is 2. The average molecular weight is 954 g/mol. The molecule has 4 aromatic rings. The summed E-state index contributed by atoms with van der Waals surface area (Å²) in [6.07, 6.45) is 3.54. The first-order valence-electron chi connectivity index (χ1n) is 21.5. The van der Waals surface area contributed by atoms with Crippen molar-refractivity contribution in [3.8, 4) is 11.4 Å². The van der Waals surface area contributed by atoms with Crippen molar-refractivity contribution in [2.45, 2.75) is 31.7 Å². The Morgan fingerprint density at radius 1 is 0.581 bits per heavy atom. The van der Waals surface area contributed by atoms with Crippen molar-refractivity contribution in [2.75, 3.05) is 99.2 Å². The van der Waals surface area contributed by atoms with Gasteiger partial charge in [-0.2, -0.15) is 15.0 Å². The van der Waals surface area contributed by atoms with Crippen molar-refractivity contribution in [3.05, 3.63) is 112 Å². The first kappa shape index (κ1) is 43.2. The van der Waals surface area contributed by atoms with Gasteiger partial charge in [-0.1, -0.05) is 0 Å². The number of hydrogen-bond acceptors (Lipinski definition) is 11. The third kappa shape index (κ3) is 11.7. The van der Waals surface area contributed by atoms with Gasteiger partial charge in [-0.05, 0) is 48.5 Å². The minimum Gasteiger partial charge on any atom is -0.378 e. The van der Waals surface area contributed by atoms with E-state index in [4.69, 9.17) is 24.4 Å². The van der Waals surface area contributed by atoms with Crippen LogP contribution in [-0.2, 0) is 14.3 Å². The van der Waals surface area contributed by atoms with Crippen LogP contribution < -0.4 is 45.4 Å². The van der Waals surface area contributed by atoms with Gasteiger partial charge in [0.1, 0.15) is 0 Å². The number of aromatic nitrogens is 3. The van der Waals surface area contributed by atoms with Gasteiger partial charge in [0.25, 0.3) is 0 Å². The van der Waals surface area contributed by atoms with E-state index < -0.39 is 27.5 Å². The van der Waals surface area contributed by atoms with Crippen LogP contribution in [0.1, 0.15) is 36.0 Å². The molecular weight excluding hydrogens is 899 g/mol. The number of nitrogens with zero attached hydrogens (tertiary/aromatic N) is 7. The second kappa shape index (κ2) is 21.6. The maximum atomic E-state index is 13.5. The number of likely N-dealkylation sites (tertiary alicyclic amines) is 2.